The van der Waals surface area contributed by atoms with Crippen LogP contribution in [0.25, 0.3) is 0 Å². The van der Waals surface area contributed by atoms with Crippen LogP contribution in [0.2, 0.25) is 0 Å². The Kier molecular flexibility index (Phi) is 5.14. The third-order valence-electron chi connectivity index (χ3n) is 4.82. The summed E-state index contributed by atoms with van der Waals surface area (Å²) >= 11 is 0. The fourth-order valence-corrected chi connectivity index (χ4v) is 3.40. The predicted molar refractivity (Wildman–Crippen MR) is 104 cm³/mol. The van der Waals surface area contributed by atoms with Crippen molar-refractivity contribution in [2.75, 3.05) is 19.6 Å². The van der Waals surface area contributed by atoms with Crippen molar-refractivity contribution >= 4 is 11.8 Å². The Labute approximate surface area is 163 Å². The summed E-state index contributed by atoms with van der Waals surface area (Å²) in [7, 11) is 0. The Hall–Kier alpha value is -3.48. The smallest absolute Gasteiger partial charge is 0.276 e. The van der Waals surface area contributed by atoms with E-state index in [2.05, 4.69) is 15.6 Å². The molecule has 28 heavy (non-hydrogen) atoms. The molecule has 0 bridgehead atoms. The van der Waals surface area contributed by atoms with Crippen LogP contribution in [0.1, 0.15) is 34.1 Å². The lowest BCUT2D eigenvalue weighted by Gasteiger charge is -2.19. The molecule has 2 amide bonds. The number of amides is 2. The molecular weight excluding hydrogens is 354 g/mol. The molecule has 1 N–H and O–H groups in total. The maximum atomic E-state index is 12.8. The van der Waals surface area contributed by atoms with E-state index < -0.39 is 0 Å². The van der Waals surface area contributed by atoms with Gasteiger partial charge >= 0.3 is 0 Å². The normalized spacial score (nSPS) is 14.6. The van der Waals surface area contributed by atoms with E-state index in [1.54, 1.807) is 15.8 Å². The van der Waals surface area contributed by atoms with Crippen LogP contribution in [0.5, 0.6) is 0 Å². The molecule has 1 aromatic heterocycles. The molecule has 0 saturated carbocycles. The molecule has 1 fully saturated rings. The minimum Gasteiger partial charge on any atom is -0.354 e. The molecule has 1 saturated heterocycles. The topological polar surface area (TPSA) is 80.1 Å². The highest BCUT2D eigenvalue weighted by atomic mass is 16.2. The Balaban J connectivity index is 1.63. The van der Waals surface area contributed by atoms with Crippen LogP contribution >= 0.6 is 0 Å². The predicted octanol–water partition coefficient (Wildman–Crippen LogP) is 1.88. The van der Waals surface area contributed by atoms with E-state index in [0.717, 1.165) is 11.1 Å². The van der Waals surface area contributed by atoms with Gasteiger partial charge in [-0.1, -0.05) is 65.9 Å². The highest BCUT2D eigenvalue weighted by Gasteiger charge is 2.24. The van der Waals surface area contributed by atoms with Crippen LogP contribution in [0.4, 0.5) is 0 Å². The van der Waals surface area contributed by atoms with Gasteiger partial charge in [0.15, 0.2) is 5.69 Å². The van der Waals surface area contributed by atoms with Gasteiger partial charge in [-0.2, -0.15) is 0 Å². The fraction of sp³-hybridized carbons (Fsp3) is 0.238. The molecular formula is C21H21N5O2. The first-order valence-corrected chi connectivity index (χ1v) is 9.30. The van der Waals surface area contributed by atoms with E-state index in [9.17, 15) is 9.59 Å². The summed E-state index contributed by atoms with van der Waals surface area (Å²) in [5, 5.41) is 11.2. The highest BCUT2D eigenvalue weighted by molar-refractivity contribution is 5.92. The number of rotatable bonds is 4. The molecule has 4 rings (SSSR count). The van der Waals surface area contributed by atoms with E-state index in [-0.39, 0.29) is 23.6 Å². The minimum absolute atomic E-state index is 0.0350. The van der Waals surface area contributed by atoms with E-state index in [1.807, 2.05) is 60.7 Å². The number of hydrogen-bond donors (Lipinski definition) is 1. The molecule has 7 nitrogen and oxygen atoms in total. The molecule has 7 heteroatoms. The molecule has 142 valence electrons. The quantitative estimate of drug-likeness (QED) is 0.755. The Morgan fingerprint density at radius 3 is 2.25 bits per heavy atom. The maximum absolute atomic E-state index is 12.8. The molecule has 3 aromatic rings. The average molecular weight is 375 g/mol. The second-order valence-corrected chi connectivity index (χ2v) is 6.70. The second-order valence-electron chi connectivity index (χ2n) is 6.70. The first-order valence-electron chi connectivity index (χ1n) is 9.30. The van der Waals surface area contributed by atoms with Gasteiger partial charge in [-0.15, -0.1) is 5.10 Å². The summed E-state index contributed by atoms with van der Waals surface area (Å²) in [6.07, 6.45) is 1.99. The van der Waals surface area contributed by atoms with E-state index >= 15 is 0 Å². The van der Waals surface area contributed by atoms with Crippen LogP contribution in [0.15, 0.2) is 66.9 Å². The maximum Gasteiger partial charge on any atom is 0.276 e. The van der Waals surface area contributed by atoms with Crippen molar-refractivity contribution in [1.29, 1.82) is 0 Å². The monoisotopic (exact) mass is 375 g/mol. The van der Waals surface area contributed by atoms with Crippen molar-refractivity contribution in [1.82, 2.24) is 25.2 Å². The summed E-state index contributed by atoms with van der Waals surface area (Å²) in [6.45, 7) is 1.31. The fourth-order valence-electron chi connectivity index (χ4n) is 3.40. The molecule has 0 radical (unpaired) electrons. The second kappa shape index (κ2) is 8.04. The van der Waals surface area contributed by atoms with Crippen molar-refractivity contribution < 1.29 is 9.59 Å². The van der Waals surface area contributed by atoms with Gasteiger partial charge in [0.05, 0.1) is 6.20 Å². The van der Waals surface area contributed by atoms with Crippen LogP contribution in [0, 0.1) is 0 Å². The number of carbonyl (C=O) groups is 2. The van der Waals surface area contributed by atoms with Crippen LogP contribution in [-0.4, -0.2) is 51.3 Å². The summed E-state index contributed by atoms with van der Waals surface area (Å²) < 4.78 is 1.72. The van der Waals surface area contributed by atoms with Gasteiger partial charge in [-0.05, 0) is 11.1 Å². The molecule has 0 atom stereocenters. The summed E-state index contributed by atoms with van der Waals surface area (Å²) in [5.74, 6) is -0.241. The third-order valence-corrected chi connectivity index (χ3v) is 4.82. The van der Waals surface area contributed by atoms with Gasteiger partial charge in [-0.25, -0.2) is 4.68 Å². The van der Waals surface area contributed by atoms with E-state index in [4.69, 9.17) is 0 Å². The van der Waals surface area contributed by atoms with Gasteiger partial charge in [0.1, 0.15) is 6.04 Å². The molecule has 0 spiro atoms. The van der Waals surface area contributed by atoms with Crippen LogP contribution in [0.3, 0.4) is 0 Å². The van der Waals surface area contributed by atoms with Crippen LogP contribution < -0.4 is 5.32 Å². The Bertz CT molecular complexity index is 916. The molecule has 2 aromatic carbocycles. The minimum atomic E-state index is -0.206. The highest BCUT2D eigenvalue weighted by Crippen LogP contribution is 2.25. The van der Waals surface area contributed by atoms with Crippen LogP contribution in [-0.2, 0) is 4.79 Å². The zero-order valence-electron chi connectivity index (χ0n) is 15.4. The van der Waals surface area contributed by atoms with E-state index in [0.29, 0.717) is 26.1 Å². The Morgan fingerprint density at radius 2 is 1.61 bits per heavy atom. The number of aromatic nitrogens is 3. The lowest BCUT2D eigenvalue weighted by atomic mass is 9.99. The van der Waals surface area contributed by atoms with E-state index in [1.165, 1.54) is 0 Å². The number of hydrogen-bond acceptors (Lipinski definition) is 4. The Morgan fingerprint density at radius 1 is 0.964 bits per heavy atom. The van der Waals surface area contributed by atoms with Crippen molar-refractivity contribution in [2.24, 2.45) is 0 Å². The zero-order chi connectivity index (χ0) is 19.3. The molecule has 0 aliphatic carbocycles. The molecule has 2 heterocycles. The van der Waals surface area contributed by atoms with Crippen molar-refractivity contribution in [2.45, 2.75) is 12.5 Å². The van der Waals surface area contributed by atoms with Crippen molar-refractivity contribution in [3.8, 4) is 0 Å². The SMILES string of the molecule is O=C1CCN(C(=O)c2cn(C(c3ccccc3)c3ccccc3)nn2)CCN1. The average Bonchev–Trinajstić information content (AvgIpc) is 3.11. The van der Waals surface area contributed by atoms with Gasteiger partial charge in [0.2, 0.25) is 5.91 Å². The molecule has 1 aliphatic heterocycles. The molecule has 1 aliphatic rings. The summed E-state index contributed by atoms with van der Waals surface area (Å²) in [5.41, 5.74) is 2.40. The van der Waals surface area contributed by atoms with Gasteiger partial charge in [-0.3, -0.25) is 9.59 Å². The summed E-state index contributed by atoms with van der Waals surface area (Å²) in [6, 6.07) is 19.8. The molecule has 0 unspecified atom stereocenters. The number of carbonyl (C=O) groups excluding carboxylic acids is 2. The number of nitrogens with zero attached hydrogens (tertiary/aromatic N) is 4. The summed E-state index contributed by atoms with van der Waals surface area (Å²) in [4.78, 5) is 26.0. The van der Waals surface area contributed by atoms with Crippen molar-refractivity contribution in [3.63, 3.8) is 0 Å². The van der Waals surface area contributed by atoms with Gasteiger partial charge in [0.25, 0.3) is 5.91 Å². The van der Waals surface area contributed by atoms with Crippen molar-refractivity contribution in [3.05, 3.63) is 83.7 Å². The standard InChI is InChI=1S/C21H21N5O2/c27-19-11-13-25(14-12-22-19)21(28)18-15-26(24-23-18)20(16-7-3-1-4-8-16)17-9-5-2-6-10-17/h1-10,15,20H,11-14H2,(H,22,27). The number of benzene rings is 2. The lowest BCUT2D eigenvalue weighted by molar-refractivity contribution is -0.120. The third kappa shape index (κ3) is 3.78. The largest absolute Gasteiger partial charge is 0.354 e. The number of nitrogens with one attached hydrogen (secondary N) is 1. The van der Waals surface area contributed by atoms with Gasteiger partial charge in [0, 0.05) is 26.1 Å². The lowest BCUT2D eigenvalue weighted by Crippen LogP contribution is -2.34. The first-order chi connectivity index (χ1) is 13.7. The first kappa shape index (κ1) is 17.9. The van der Waals surface area contributed by atoms with Gasteiger partial charge < -0.3 is 10.2 Å². The zero-order valence-corrected chi connectivity index (χ0v) is 15.4.